The van der Waals surface area contributed by atoms with Gasteiger partial charge in [-0.05, 0) is 54.6 Å². The molecule has 3 heterocycles. The van der Waals surface area contributed by atoms with Gasteiger partial charge in [0.2, 0.25) is 0 Å². The number of halogens is 3. The maximum Gasteiger partial charge on any atom is 0.416 e. The molecule has 0 aromatic heterocycles. The largest absolute Gasteiger partial charge is 0.416 e. The second-order valence-corrected chi connectivity index (χ2v) is 9.22. The number of rotatable bonds is 6. The first-order valence-electron chi connectivity index (χ1n) is 11.7. The molecular weight excluding hydrogens is 421 g/mol. The minimum atomic E-state index is -4.34. The summed E-state index contributed by atoms with van der Waals surface area (Å²) in [7, 11) is 0. The summed E-state index contributed by atoms with van der Waals surface area (Å²) in [6.07, 6.45) is -2.17. The topological polar surface area (TPSA) is 15.3 Å². The summed E-state index contributed by atoms with van der Waals surface area (Å²) in [5.74, 6) is 0.624. The van der Waals surface area contributed by atoms with E-state index in [-0.39, 0.29) is 24.5 Å². The van der Waals surface area contributed by atoms with Gasteiger partial charge in [0, 0.05) is 24.5 Å². The zero-order chi connectivity index (χ0) is 22.8. The van der Waals surface area contributed by atoms with E-state index in [0.29, 0.717) is 11.5 Å². The van der Waals surface area contributed by atoms with Crippen LogP contribution in [0.3, 0.4) is 0 Å². The number of alkyl halides is 3. The molecule has 33 heavy (non-hydrogen) atoms. The Morgan fingerprint density at radius 2 is 1.33 bits per heavy atom. The lowest BCUT2D eigenvalue weighted by Crippen LogP contribution is -2.64. The van der Waals surface area contributed by atoms with Crippen molar-refractivity contribution in [3.05, 3.63) is 107 Å². The van der Waals surface area contributed by atoms with Crippen molar-refractivity contribution in [2.45, 2.75) is 43.6 Å². The molecule has 0 unspecified atom stereocenters. The molecule has 3 aromatic carbocycles. The molecule has 2 atom stereocenters. The third kappa shape index (κ3) is 4.57. The SMILES string of the molecule is FC(F)(F)c1ccccc1CN[C@@H]1C2CCN(CC2)[C@@H]1C(c1ccccc1)c1ccccc1. The van der Waals surface area contributed by atoms with E-state index in [2.05, 4.69) is 58.7 Å². The number of hydrogen-bond donors (Lipinski definition) is 1. The molecule has 3 saturated heterocycles. The summed E-state index contributed by atoms with van der Waals surface area (Å²) >= 11 is 0. The van der Waals surface area contributed by atoms with Gasteiger partial charge >= 0.3 is 6.18 Å². The minimum Gasteiger partial charge on any atom is -0.308 e. The van der Waals surface area contributed by atoms with Crippen molar-refractivity contribution in [2.75, 3.05) is 13.1 Å². The minimum absolute atomic E-state index is 0.124. The molecule has 0 saturated carbocycles. The Morgan fingerprint density at radius 1 is 0.788 bits per heavy atom. The Bertz CT molecular complexity index is 1000. The smallest absolute Gasteiger partial charge is 0.308 e. The Kier molecular flexibility index (Phi) is 6.26. The van der Waals surface area contributed by atoms with Crippen molar-refractivity contribution < 1.29 is 13.2 Å². The van der Waals surface area contributed by atoms with Crippen LogP contribution in [0.4, 0.5) is 13.2 Å². The molecule has 1 N–H and O–H groups in total. The molecular formula is C28H29F3N2. The average Bonchev–Trinajstić information content (AvgIpc) is 2.85. The number of fused-ring (bicyclic) bond motifs is 3. The van der Waals surface area contributed by atoms with E-state index in [1.807, 2.05) is 12.1 Å². The third-order valence-electron chi connectivity index (χ3n) is 7.38. The van der Waals surface area contributed by atoms with Crippen molar-refractivity contribution >= 4 is 0 Å². The molecule has 0 spiro atoms. The summed E-state index contributed by atoms with van der Waals surface area (Å²) in [4.78, 5) is 2.55. The third-order valence-corrected chi connectivity index (χ3v) is 7.38. The lowest BCUT2D eigenvalue weighted by Gasteiger charge is -2.54. The number of piperidine rings is 3. The monoisotopic (exact) mass is 450 g/mol. The van der Waals surface area contributed by atoms with Crippen LogP contribution in [0.25, 0.3) is 0 Å². The highest BCUT2D eigenvalue weighted by atomic mass is 19.4. The molecule has 2 bridgehead atoms. The second-order valence-electron chi connectivity index (χ2n) is 9.22. The molecule has 3 aliphatic rings. The average molecular weight is 451 g/mol. The van der Waals surface area contributed by atoms with Gasteiger partial charge in [0.15, 0.2) is 0 Å². The Morgan fingerprint density at radius 3 is 1.91 bits per heavy atom. The van der Waals surface area contributed by atoms with Crippen LogP contribution < -0.4 is 5.32 Å². The first kappa shape index (κ1) is 22.2. The van der Waals surface area contributed by atoms with Crippen LogP contribution in [0.2, 0.25) is 0 Å². The summed E-state index contributed by atoms with van der Waals surface area (Å²) in [5.41, 5.74) is 2.28. The van der Waals surface area contributed by atoms with E-state index in [1.165, 1.54) is 23.3 Å². The molecule has 0 aliphatic carbocycles. The summed E-state index contributed by atoms with van der Waals surface area (Å²) in [6.45, 7) is 2.31. The van der Waals surface area contributed by atoms with Crippen molar-refractivity contribution in [1.82, 2.24) is 10.2 Å². The molecule has 3 aromatic rings. The van der Waals surface area contributed by atoms with Crippen LogP contribution in [-0.4, -0.2) is 30.1 Å². The lowest BCUT2D eigenvalue weighted by molar-refractivity contribution is -0.138. The van der Waals surface area contributed by atoms with Gasteiger partial charge in [-0.3, -0.25) is 4.90 Å². The van der Waals surface area contributed by atoms with Crippen LogP contribution in [0.5, 0.6) is 0 Å². The number of nitrogens with zero attached hydrogens (tertiary/aromatic N) is 1. The maximum absolute atomic E-state index is 13.6. The lowest BCUT2D eigenvalue weighted by atomic mass is 9.70. The van der Waals surface area contributed by atoms with E-state index in [0.717, 1.165) is 25.9 Å². The highest BCUT2D eigenvalue weighted by Crippen LogP contribution is 2.42. The van der Waals surface area contributed by atoms with Crippen LogP contribution in [-0.2, 0) is 12.7 Å². The van der Waals surface area contributed by atoms with E-state index < -0.39 is 11.7 Å². The summed E-state index contributed by atoms with van der Waals surface area (Å²) in [5, 5.41) is 3.61. The highest BCUT2D eigenvalue weighted by Gasteiger charge is 2.46. The fraction of sp³-hybridized carbons (Fsp3) is 0.357. The van der Waals surface area contributed by atoms with Crippen molar-refractivity contribution in [2.24, 2.45) is 5.92 Å². The molecule has 3 aliphatic heterocycles. The van der Waals surface area contributed by atoms with Crippen LogP contribution >= 0.6 is 0 Å². The molecule has 6 rings (SSSR count). The number of nitrogens with one attached hydrogen (secondary N) is 1. The van der Waals surface area contributed by atoms with Gasteiger partial charge in [-0.15, -0.1) is 0 Å². The van der Waals surface area contributed by atoms with Crippen molar-refractivity contribution in [1.29, 1.82) is 0 Å². The predicted molar refractivity (Wildman–Crippen MR) is 125 cm³/mol. The highest BCUT2D eigenvalue weighted by molar-refractivity contribution is 5.36. The predicted octanol–water partition coefficient (Wildman–Crippen LogP) is 6.09. The Hall–Kier alpha value is -2.63. The van der Waals surface area contributed by atoms with Gasteiger partial charge < -0.3 is 5.32 Å². The number of hydrogen-bond acceptors (Lipinski definition) is 2. The fourth-order valence-corrected chi connectivity index (χ4v) is 5.87. The van der Waals surface area contributed by atoms with Crippen LogP contribution in [0, 0.1) is 5.92 Å². The van der Waals surface area contributed by atoms with Gasteiger partial charge in [0.05, 0.1) is 5.56 Å². The molecule has 0 radical (unpaired) electrons. The zero-order valence-corrected chi connectivity index (χ0v) is 18.5. The van der Waals surface area contributed by atoms with Crippen LogP contribution in [0.15, 0.2) is 84.9 Å². The van der Waals surface area contributed by atoms with Gasteiger partial charge in [-0.1, -0.05) is 78.9 Å². The first-order chi connectivity index (χ1) is 16.0. The Balaban J connectivity index is 1.49. The standard InChI is InChI=1S/C28H29F3N2/c29-28(30,31)24-14-8-7-13-23(24)19-32-26-22-15-17-33(18-16-22)27(26)25(20-9-3-1-4-10-20)21-11-5-2-6-12-21/h1-14,22,25-27,32H,15-19H2/t26-,27-/m1/s1. The number of benzene rings is 3. The van der Waals surface area contributed by atoms with Crippen molar-refractivity contribution in [3.63, 3.8) is 0 Å². The van der Waals surface area contributed by atoms with E-state index in [1.54, 1.807) is 12.1 Å². The Labute approximate surface area is 193 Å². The van der Waals surface area contributed by atoms with E-state index >= 15 is 0 Å². The van der Waals surface area contributed by atoms with E-state index in [4.69, 9.17) is 0 Å². The molecule has 172 valence electrons. The fourth-order valence-electron chi connectivity index (χ4n) is 5.87. The first-order valence-corrected chi connectivity index (χ1v) is 11.7. The maximum atomic E-state index is 13.6. The van der Waals surface area contributed by atoms with E-state index in [9.17, 15) is 13.2 Å². The zero-order valence-electron chi connectivity index (χ0n) is 18.5. The van der Waals surface area contributed by atoms with Crippen LogP contribution in [0.1, 0.15) is 41.0 Å². The quantitative estimate of drug-likeness (QED) is 0.489. The summed E-state index contributed by atoms with van der Waals surface area (Å²) in [6, 6.07) is 27.3. The van der Waals surface area contributed by atoms with Gasteiger partial charge in [0.25, 0.3) is 0 Å². The van der Waals surface area contributed by atoms with Gasteiger partial charge in [-0.25, -0.2) is 0 Å². The molecule has 5 heteroatoms. The molecule has 3 fully saturated rings. The second kappa shape index (κ2) is 9.32. The molecule has 0 amide bonds. The summed E-state index contributed by atoms with van der Waals surface area (Å²) < 4.78 is 40.7. The van der Waals surface area contributed by atoms with Gasteiger partial charge in [-0.2, -0.15) is 13.2 Å². The molecule has 2 nitrogen and oxygen atoms in total. The van der Waals surface area contributed by atoms with Gasteiger partial charge in [0.1, 0.15) is 0 Å². The normalized spacial score (nSPS) is 24.8. The van der Waals surface area contributed by atoms with Crippen molar-refractivity contribution in [3.8, 4) is 0 Å².